The molecule has 0 aliphatic carbocycles. The predicted molar refractivity (Wildman–Crippen MR) is 113 cm³/mol. The van der Waals surface area contributed by atoms with Crippen molar-refractivity contribution in [1.82, 2.24) is 18.8 Å². The molecule has 9 heteroatoms. The van der Waals surface area contributed by atoms with Crippen molar-refractivity contribution in [2.75, 3.05) is 0 Å². The molecule has 0 saturated carbocycles. The first-order valence-corrected chi connectivity index (χ1v) is 11.0. The van der Waals surface area contributed by atoms with Crippen LogP contribution < -0.4 is 10.4 Å². The van der Waals surface area contributed by atoms with Crippen LogP contribution in [-0.2, 0) is 36.1 Å². The van der Waals surface area contributed by atoms with Gasteiger partial charge in [0.2, 0.25) is 10.0 Å². The van der Waals surface area contributed by atoms with Gasteiger partial charge in [0.15, 0.2) is 0 Å². The van der Waals surface area contributed by atoms with Crippen molar-refractivity contribution in [3.63, 3.8) is 0 Å². The highest BCUT2D eigenvalue weighted by molar-refractivity contribution is 9.10. The molecule has 0 bridgehead atoms. The Labute approximate surface area is 172 Å². The first-order valence-electron chi connectivity index (χ1n) is 8.72. The van der Waals surface area contributed by atoms with Crippen LogP contribution in [0.3, 0.4) is 0 Å². The summed E-state index contributed by atoms with van der Waals surface area (Å²) in [6.45, 7) is 6.34. The third-order valence-electron chi connectivity index (χ3n) is 4.67. The monoisotopic (exact) mass is 466 g/mol. The fourth-order valence-corrected chi connectivity index (χ4v) is 5.00. The second kappa shape index (κ2) is 7.13. The fourth-order valence-electron chi connectivity index (χ4n) is 2.94. The molecule has 2 heterocycles. The number of sulfonamides is 1. The van der Waals surface area contributed by atoms with Gasteiger partial charge in [0.25, 0.3) is 0 Å². The van der Waals surface area contributed by atoms with E-state index in [1.165, 1.54) is 15.2 Å². The van der Waals surface area contributed by atoms with Gasteiger partial charge in [-0.05, 0) is 39.7 Å². The number of aryl methyl sites for hydroxylation is 2. The average Bonchev–Trinajstić information content (AvgIpc) is 2.83. The first-order chi connectivity index (χ1) is 12.9. The summed E-state index contributed by atoms with van der Waals surface area (Å²) in [5, 5.41) is 0. The summed E-state index contributed by atoms with van der Waals surface area (Å²) < 4.78 is 31.6. The van der Waals surface area contributed by atoms with Gasteiger partial charge in [-0.1, -0.05) is 26.8 Å². The van der Waals surface area contributed by atoms with E-state index >= 15 is 0 Å². The van der Waals surface area contributed by atoms with E-state index < -0.39 is 10.0 Å². The minimum atomic E-state index is -3.79. The number of fused-ring (bicyclic) bond motifs is 1. The highest BCUT2D eigenvalue weighted by Crippen LogP contribution is 2.27. The van der Waals surface area contributed by atoms with E-state index in [2.05, 4.69) is 46.4 Å². The van der Waals surface area contributed by atoms with Crippen LogP contribution in [-0.4, -0.2) is 22.5 Å². The Morgan fingerprint density at radius 1 is 1.11 bits per heavy atom. The lowest BCUT2D eigenvalue weighted by Gasteiger charge is -2.17. The molecule has 3 aromatic rings. The SMILES string of the molecule is Cn1c(=O)n(C)c2cc(S(=O)(=O)NCc3ccc(C(C)(C)C)nc3)c(Br)cc21. The molecule has 1 N–H and O–H groups in total. The van der Waals surface area contributed by atoms with Crippen molar-refractivity contribution in [2.45, 2.75) is 37.6 Å². The number of hydrogen-bond donors (Lipinski definition) is 1. The van der Waals surface area contributed by atoms with Crippen molar-refractivity contribution in [3.05, 3.63) is 56.7 Å². The Morgan fingerprint density at radius 3 is 2.25 bits per heavy atom. The topological polar surface area (TPSA) is 86.0 Å². The third kappa shape index (κ3) is 3.78. The molecule has 0 aliphatic heterocycles. The maximum absolute atomic E-state index is 12.8. The summed E-state index contributed by atoms with van der Waals surface area (Å²) >= 11 is 3.32. The summed E-state index contributed by atoms with van der Waals surface area (Å²) in [7, 11) is -0.522. The molecular formula is C19H23BrN4O3S. The highest BCUT2D eigenvalue weighted by Gasteiger charge is 2.21. The van der Waals surface area contributed by atoms with Gasteiger partial charge < -0.3 is 0 Å². The fraction of sp³-hybridized carbons (Fsp3) is 0.368. The van der Waals surface area contributed by atoms with Gasteiger partial charge in [-0.3, -0.25) is 14.1 Å². The van der Waals surface area contributed by atoms with E-state index in [-0.39, 0.29) is 22.5 Å². The number of rotatable bonds is 4. The Hall–Kier alpha value is -1.97. The average molecular weight is 467 g/mol. The summed E-state index contributed by atoms with van der Waals surface area (Å²) in [5.41, 5.74) is 2.63. The second-order valence-electron chi connectivity index (χ2n) is 7.80. The summed E-state index contributed by atoms with van der Waals surface area (Å²) in [5.74, 6) is 0. The molecule has 3 rings (SSSR count). The second-order valence-corrected chi connectivity index (χ2v) is 10.4. The number of nitrogens with zero attached hydrogens (tertiary/aromatic N) is 3. The number of imidazole rings is 1. The van der Waals surface area contributed by atoms with Crippen molar-refractivity contribution < 1.29 is 8.42 Å². The Morgan fingerprint density at radius 2 is 1.71 bits per heavy atom. The zero-order chi connectivity index (χ0) is 20.9. The normalized spacial score (nSPS) is 12.6. The minimum Gasteiger partial charge on any atom is -0.295 e. The quantitative estimate of drug-likeness (QED) is 0.640. The van der Waals surface area contributed by atoms with Gasteiger partial charge in [-0.25, -0.2) is 17.9 Å². The van der Waals surface area contributed by atoms with Crippen LogP contribution in [0.1, 0.15) is 32.0 Å². The van der Waals surface area contributed by atoms with Crippen molar-refractivity contribution in [1.29, 1.82) is 0 Å². The molecule has 0 fully saturated rings. The maximum Gasteiger partial charge on any atom is 0.328 e. The molecule has 0 atom stereocenters. The molecule has 0 unspecified atom stereocenters. The molecule has 0 aliphatic rings. The molecule has 0 spiro atoms. The van der Waals surface area contributed by atoms with Crippen LogP contribution in [0.5, 0.6) is 0 Å². The van der Waals surface area contributed by atoms with Gasteiger partial charge in [-0.15, -0.1) is 0 Å². The molecular weight excluding hydrogens is 444 g/mol. The molecule has 2 aromatic heterocycles. The van der Waals surface area contributed by atoms with Gasteiger partial charge in [-0.2, -0.15) is 0 Å². The highest BCUT2D eigenvalue weighted by atomic mass is 79.9. The number of hydrogen-bond acceptors (Lipinski definition) is 4. The van der Waals surface area contributed by atoms with E-state index in [0.717, 1.165) is 11.3 Å². The van der Waals surface area contributed by atoms with Crippen LogP contribution >= 0.6 is 15.9 Å². The number of pyridine rings is 1. The summed E-state index contributed by atoms with van der Waals surface area (Å²) in [4.78, 5) is 16.6. The van der Waals surface area contributed by atoms with Crippen LogP contribution in [0, 0.1) is 0 Å². The minimum absolute atomic E-state index is 0.0655. The summed E-state index contributed by atoms with van der Waals surface area (Å²) in [6.07, 6.45) is 1.68. The zero-order valence-corrected chi connectivity index (χ0v) is 18.8. The molecule has 1 aromatic carbocycles. The van der Waals surface area contributed by atoms with Gasteiger partial charge >= 0.3 is 5.69 Å². The van der Waals surface area contributed by atoms with Gasteiger partial charge in [0.1, 0.15) is 0 Å². The van der Waals surface area contributed by atoms with E-state index in [1.54, 1.807) is 26.4 Å². The number of benzene rings is 1. The standard InChI is InChI=1S/C19H23BrN4O3S/c1-19(2,3)17-7-6-12(10-21-17)11-22-28(26,27)16-9-15-14(8-13(16)20)23(4)18(25)24(15)5/h6-10,22H,11H2,1-5H3. The van der Waals surface area contributed by atoms with Crippen molar-refractivity contribution in [2.24, 2.45) is 14.1 Å². The Balaban J connectivity index is 1.90. The molecule has 7 nitrogen and oxygen atoms in total. The summed E-state index contributed by atoms with van der Waals surface area (Å²) in [6, 6.07) is 6.93. The Bertz CT molecular complexity index is 1200. The number of nitrogens with one attached hydrogen (secondary N) is 1. The van der Waals surface area contributed by atoms with Crippen LogP contribution in [0.25, 0.3) is 11.0 Å². The molecule has 0 amide bonds. The van der Waals surface area contributed by atoms with Crippen molar-refractivity contribution >= 4 is 37.0 Å². The zero-order valence-electron chi connectivity index (χ0n) is 16.4. The van der Waals surface area contributed by atoms with Gasteiger partial charge in [0.05, 0.1) is 15.9 Å². The van der Waals surface area contributed by atoms with E-state index in [9.17, 15) is 13.2 Å². The van der Waals surface area contributed by atoms with E-state index in [0.29, 0.717) is 15.5 Å². The van der Waals surface area contributed by atoms with Crippen LogP contribution in [0.15, 0.2) is 44.6 Å². The first kappa shape index (κ1) is 20.8. The van der Waals surface area contributed by atoms with E-state index in [1.807, 2.05) is 12.1 Å². The van der Waals surface area contributed by atoms with Crippen LogP contribution in [0.2, 0.25) is 0 Å². The smallest absolute Gasteiger partial charge is 0.295 e. The lowest BCUT2D eigenvalue weighted by molar-refractivity contribution is 0.567. The molecule has 28 heavy (non-hydrogen) atoms. The predicted octanol–water partition coefficient (Wildman–Crippen LogP) is 2.81. The largest absolute Gasteiger partial charge is 0.328 e. The third-order valence-corrected chi connectivity index (χ3v) is 7.03. The number of halogens is 1. The Kier molecular flexibility index (Phi) is 5.28. The molecule has 150 valence electrons. The van der Waals surface area contributed by atoms with Crippen molar-refractivity contribution in [3.8, 4) is 0 Å². The lowest BCUT2D eigenvalue weighted by Crippen LogP contribution is -2.24. The lowest BCUT2D eigenvalue weighted by atomic mass is 9.91. The van der Waals surface area contributed by atoms with E-state index in [4.69, 9.17) is 0 Å². The van der Waals surface area contributed by atoms with Crippen LogP contribution in [0.4, 0.5) is 0 Å². The van der Waals surface area contributed by atoms with Gasteiger partial charge in [0, 0.05) is 42.4 Å². The number of aromatic nitrogens is 3. The maximum atomic E-state index is 12.8. The molecule has 0 radical (unpaired) electrons. The molecule has 0 saturated heterocycles.